The third kappa shape index (κ3) is 3.09. The molecule has 3 rings (SSSR count). The minimum atomic E-state index is -0.120. The predicted octanol–water partition coefficient (Wildman–Crippen LogP) is 1.66. The molecule has 2 fully saturated rings. The first kappa shape index (κ1) is 16.0. The third-order valence-electron chi connectivity index (χ3n) is 4.36. The van der Waals surface area contributed by atoms with E-state index >= 15 is 0 Å². The molecule has 23 heavy (non-hydrogen) atoms. The van der Waals surface area contributed by atoms with Crippen molar-refractivity contribution in [3.8, 4) is 5.88 Å². The summed E-state index contributed by atoms with van der Waals surface area (Å²) in [5.74, 6) is 0.265. The van der Waals surface area contributed by atoms with Crippen LogP contribution in [0.1, 0.15) is 23.2 Å². The fourth-order valence-electron chi connectivity index (χ4n) is 3.35. The molecule has 6 nitrogen and oxygen atoms in total. The molecule has 0 radical (unpaired) electrons. The number of aromatic nitrogens is 1. The Balaban J connectivity index is 1.83. The highest BCUT2D eigenvalue weighted by atomic mass is 16.5. The minimum absolute atomic E-state index is 0.0379. The van der Waals surface area contributed by atoms with Crippen molar-refractivity contribution in [1.29, 1.82) is 0 Å². The van der Waals surface area contributed by atoms with Gasteiger partial charge < -0.3 is 19.1 Å². The van der Waals surface area contributed by atoms with E-state index in [4.69, 9.17) is 14.2 Å². The number of carbonyl (C=O) groups is 1. The number of hydrogen-bond acceptors (Lipinski definition) is 5. The number of rotatable bonds is 5. The number of fused-ring (bicyclic) bond motifs is 1. The molecule has 0 aliphatic carbocycles. The first-order valence-corrected chi connectivity index (χ1v) is 7.90. The van der Waals surface area contributed by atoms with Crippen molar-refractivity contribution in [2.24, 2.45) is 0 Å². The molecule has 0 saturated carbocycles. The van der Waals surface area contributed by atoms with Gasteiger partial charge in [-0.1, -0.05) is 6.08 Å². The molecule has 1 amide bonds. The van der Waals surface area contributed by atoms with Crippen LogP contribution in [0.15, 0.2) is 31.0 Å². The summed E-state index contributed by atoms with van der Waals surface area (Å²) in [6, 6.07) is 3.52. The minimum Gasteiger partial charge on any atom is -0.480 e. The van der Waals surface area contributed by atoms with Crippen LogP contribution in [0.2, 0.25) is 0 Å². The largest absolute Gasteiger partial charge is 0.480 e. The van der Waals surface area contributed by atoms with Gasteiger partial charge in [0, 0.05) is 12.8 Å². The van der Waals surface area contributed by atoms with Crippen LogP contribution in [-0.2, 0) is 9.47 Å². The van der Waals surface area contributed by atoms with Crippen LogP contribution in [0.25, 0.3) is 0 Å². The lowest BCUT2D eigenvalue weighted by molar-refractivity contribution is -0.0708. The molecule has 3 heterocycles. The van der Waals surface area contributed by atoms with Crippen molar-refractivity contribution in [2.75, 3.05) is 26.9 Å². The van der Waals surface area contributed by atoms with E-state index < -0.39 is 0 Å². The van der Waals surface area contributed by atoms with Gasteiger partial charge in [-0.25, -0.2) is 4.98 Å². The Hall–Kier alpha value is -1.92. The zero-order valence-corrected chi connectivity index (χ0v) is 13.3. The summed E-state index contributed by atoms with van der Waals surface area (Å²) in [7, 11) is 1.52. The van der Waals surface area contributed by atoms with Gasteiger partial charge in [0.15, 0.2) is 0 Å². The number of nitrogens with zero attached hydrogens (tertiary/aromatic N) is 2. The lowest BCUT2D eigenvalue weighted by Gasteiger charge is -2.32. The summed E-state index contributed by atoms with van der Waals surface area (Å²) in [6.45, 7) is 5.36. The Bertz CT molecular complexity index is 577. The van der Waals surface area contributed by atoms with Gasteiger partial charge in [-0.2, -0.15) is 0 Å². The van der Waals surface area contributed by atoms with Crippen molar-refractivity contribution < 1.29 is 19.0 Å². The van der Waals surface area contributed by atoms with Crippen molar-refractivity contribution in [2.45, 2.75) is 31.1 Å². The summed E-state index contributed by atoms with van der Waals surface area (Å²) < 4.78 is 16.9. The molecule has 1 aromatic rings. The molecule has 2 saturated heterocycles. The van der Waals surface area contributed by atoms with Crippen molar-refractivity contribution in [3.63, 3.8) is 0 Å². The number of pyridine rings is 1. The Morgan fingerprint density at radius 2 is 2.48 bits per heavy atom. The molecule has 3 atom stereocenters. The maximum atomic E-state index is 13.0. The SMILES string of the molecule is C=CCO[C@@H]1CN(C(=O)c2cccnc2OC)[C@@H]2CCCO[C@@H]21. The first-order chi connectivity index (χ1) is 11.3. The molecular weight excluding hydrogens is 296 g/mol. The van der Waals surface area contributed by atoms with E-state index in [2.05, 4.69) is 11.6 Å². The number of methoxy groups -OCH3 is 1. The highest BCUT2D eigenvalue weighted by molar-refractivity contribution is 5.96. The van der Waals surface area contributed by atoms with E-state index in [1.807, 2.05) is 4.90 Å². The van der Waals surface area contributed by atoms with Crippen LogP contribution >= 0.6 is 0 Å². The van der Waals surface area contributed by atoms with Crippen LogP contribution in [0.3, 0.4) is 0 Å². The van der Waals surface area contributed by atoms with E-state index in [0.717, 1.165) is 12.8 Å². The summed E-state index contributed by atoms with van der Waals surface area (Å²) in [5.41, 5.74) is 0.476. The molecule has 124 valence electrons. The monoisotopic (exact) mass is 318 g/mol. The Labute approximate surface area is 136 Å². The van der Waals surface area contributed by atoms with Gasteiger partial charge in [-0.05, 0) is 25.0 Å². The summed E-state index contributed by atoms with van der Waals surface area (Å²) in [5, 5.41) is 0. The lowest BCUT2D eigenvalue weighted by atomic mass is 10.0. The van der Waals surface area contributed by atoms with Gasteiger partial charge >= 0.3 is 0 Å². The number of ether oxygens (including phenoxy) is 3. The van der Waals surface area contributed by atoms with Gasteiger partial charge in [0.1, 0.15) is 17.8 Å². The topological polar surface area (TPSA) is 60.9 Å². The average molecular weight is 318 g/mol. The zero-order valence-electron chi connectivity index (χ0n) is 13.3. The van der Waals surface area contributed by atoms with Gasteiger partial charge in [-0.3, -0.25) is 4.79 Å². The number of amides is 1. The molecule has 0 N–H and O–H groups in total. The quantitative estimate of drug-likeness (QED) is 0.773. The maximum absolute atomic E-state index is 13.0. The summed E-state index contributed by atoms with van der Waals surface area (Å²) in [6.07, 6.45) is 5.00. The average Bonchev–Trinajstić information content (AvgIpc) is 2.98. The fraction of sp³-hybridized carbons (Fsp3) is 0.529. The smallest absolute Gasteiger partial charge is 0.259 e. The maximum Gasteiger partial charge on any atom is 0.259 e. The third-order valence-corrected chi connectivity index (χ3v) is 4.36. The molecule has 0 bridgehead atoms. The number of likely N-dealkylation sites (tertiary alicyclic amines) is 1. The van der Waals surface area contributed by atoms with Crippen LogP contribution in [-0.4, -0.2) is 60.9 Å². The van der Waals surface area contributed by atoms with Crippen LogP contribution in [0.5, 0.6) is 5.88 Å². The van der Waals surface area contributed by atoms with Gasteiger partial charge in [0.25, 0.3) is 5.91 Å². The van der Waals surface area contributed by atoms with Gasteiger partial charge in [-0.15, -0.1) is 6.58 Å². The molecule has 6 heteroatoms. The highest BCUT2D eigenvalue weighted by Gasteiger charge is 2.47. The fourth-order valence-corrected chi connectivity index (χ4v) is 3.35. The van der Waals surface area contributed by atoms with Crippen molar-refractivity contribution >= 4 is 5.91 Å². The highest BCUT2D eigenvalue weighted by Crippen LogP contribution is 2.32. The molecular formula is C17H22N2O4. The number of hydrogen-bond donors (Lipinski definition) is 0. The lowest BCUT2D eigenvalue weighted by Crippen LogP contribution is -2.44. The normalized spacial score (nSPS) is 26.7. The van der Waals surface area contributed by atoms with E-state index in [1.54, 1.807) is 24.4 Å². The standard InChI is InChI=1S/C17H22N2O4/c1-3-9-22-14-11-19(13-7-5-10-23-15(13)14)17(20)12-6-4-8-18-16(12)21-2/h3-4,6,8,13-15H,1,5,7,9-11H2,2H3/t13-,14-,15+/m1/s1. The van der Waals surface area contributed by atoms with E-state index in [1.165, 1.54) is 7.11 Å². The van der Waals surface area contributed by atoms with E-state index in [-0.39, 0.29) is 24.2 Å². The Morgan fingerprint density at radius 1 is 1.61 bits per heavy atom. The Morgan fingerprint density at radius 3 is 3.26 bits per heavy atom. The van der Waals surface area contributed by atoms with E-state index in [9.17, 15) is 4.79 Å². The van der Waals surface area contributed by atoms with Crippen molar-refractivity contribution in [3.05, 3.63) is 36.5 Å². The molecule has 0 unspecified atom stereocenters. The first-order valence-electron chi connectivity index (χ1n) is 7.90. The van der Waals surface area contributed by atoms with Crippen LogP contribution < -0.4 is 4.74 Å². The zero-order chi connectivity index (χ0) is 16.2. The van der Waals surface area contributed by atoms with Gasteiger partial charge in [0.05, 0.1) is 26.3 Å². The molecule has 2 aliphatic heterocycles. The number of carbonyl (C=O) groups excluding carboxylic acids is 1. The summed E-state index contributed by atoms with van der Waals surface area (Å²) in [4.78, 5) is 18.9. The second-order valence-electron chi connectivity index (χ2n) is 5.72. The second kappa shape index (κ2) is 7.10. The van der Waals surface area contributed by atoms with Gasteiger partial charge in [0.2, 0.25) is 5.88 Å². The van der Waals surface area contributed by atoms with Crippen LogP contribution in [0, 0.1) is 0 Å². The predicted molar refractivity (Wildman–Crippen MR) is 84.5 cm³/mol. The Kier molecular flexibility index (Phi) is 4.93. The molecule has 2 aliphatic rings. The summed E-state index contributed by atoms with van der Waals surface area (Å²) >= 11 is 0. The van der Waals surface area contributed by atoms with Crippen LogP contribution in [0.4, 0.5) is 0 Å². The van der Waals surface area contributed by atoms with E-state index in [0.29, 0.717) is 31.2 Å². The second-order valence-corrected chi connectivity index (χ2v) is 5.72. The van der Waals surface area contributed by atoms with Crippen molar-refractivity contribution in [1.82, 2.24) is 9.88 Å². The molecule has 0 spiro atoms. The molecule has 1 aromatic heterocycles. The molecule has 0 aromatic carbocycles.